The zero-order valence-corrected chi connectivity index (χ0v) is 27.6. The first-order chi connectivity index (χ1) is 23.7. The number of hydrogen-bond acceptors (Lipinski definition) is 6. The third-order valence-corrected chi connectivity index (χ3v) is 10.7. The van der Waals surface area contributed by atoms with Crippen LogP contribution < -0.4 is 27.1 Å². The third-order valence-electron chi connectivity index (χ3n) is 8.59. The second-order valence-electron chi connectivity index (χ2n) is 11.6. The van der Waals surface area contributed by atoms with E-state index in [0.717, 1.165) is 38.2 Å². The van der Waals surface area contributed by atoms with Crippen molar-refractivity contribution in [3.8, 4) is 34.5 Å². The Balaban J connectivity index is 1.25. The quantitative estimate of drug-likeness (QED) is 0.125. The fraction of sp³-hybridized carbons (Fsp3) is 0.0500. The van der Waals surface area contributed by atoms with Gasteiger partial charge in [0.1, 0.15) is 11.5 Å². The first-order valence-electron chi connectivity index (χ1n) is 15.6. The Hall–Kier alpha value is -5.28. The van der Waals surface area contributed by atoms with Gasteiger partial charge < -0.3 is 27.1 Å². The van der Waals surface area contributed by atoms with Crippen molar-refractivity contribution in [1.29, 1.82) is 0 Å². The summed E-state index contributed by atoms with van der Waals surface area (Å²) in [5.74, 6) is 3.70. The smallest absolute Gasteiger partial charge is 0.408 e. The summed E-state index contributed by atoms with van der Waals surface area (Å²) in [4.78, 5) is 0. The van der Waals surface area contributed by atoms with Crippen LogP contribution in [0.4, 0.5) is 0 Å². The van der Waals surface area contributed by atoms with Crippen LogP contribution in [0.2, 0.25) is 0 Å². The lowest BCUT2D eigenvalue weighted by Crippen LogP contribution is -2.10. The molecule has 48 heavy (non-hydrogen) atoms. The molecule has 9 rings (SSSR count). The average molecular weight is 667 g/mol. The molecular weight excluding hydrogens is 638 g/mol. The van der Waals surface area contributed by atoms with Gasteiger partial charge in [0.2, 0.25) is 0 Å². The summed E-state index contributed by atoms with van der Waals surface area (Å²) >= 11 is 0. The van der Waals surface area contributed by atoms with E-state index in [4.69, 9.17) is 27.1 Å². The van der Waals surface area contributed by atoms with Crippen molar-refractivity contribution in [2.75, 3.05) is 0 Å². The monoisotopic (exact) mass is 666 g/mol. The molecule has 7 aromatic rings. The number of benzene rings is 7. The first-order valence-corrected chi connectivity index (χ1v) is 17.8. The molecule has 2 heterocycles. The Bertz CT molecular complexity index is 2120. The zero-order chi connectivity index (χ0) is 32.0. The lowest BCUT2D eigenvalue weighted by molar-refractivity contribution is 0.430. The molecule has 234 valence electrons. The highest BCUT2D eigenvalue weighted by Gasteiger charge is 2.36. The number of rotatable bonds is 7. The molecule has 0 bridgehead atoms. The van der Waals surface area contributed by atoms with E-state index in [1.54, 1.807) is 0 Å². The van der Waals surface area contributed by atoms with Crippen molar-refractivity contribution in [3.63, 3.8) is 0 Å². The van der Waals surface area contributed by atoms with Crippen LogP contribution in [-0.4, -0.2) is 0 Å². The molecular formula is C40H28O6P2. The first kappa shape index (κ1) is 28.9. The maximum atomic E-state index is 6.71. The molecule has 0 saturated carbocycles. The Labute approximate surface area is 280 Å². The van der Waals surface area contributed by atoms with Crippen LogP contribution in [0, 0.1) is 6.92 Å². The Morgan fingerprint density at radius 2 is 0.833 bits per heavy atom. The van der Waals surface area contributed by atoms with Gasteiger partial charge in [-0.1, -0.05) is 115 Å². The highest BCUT2D eigenvalue weighted by molar-refractivity contribution is 7.43. The highest BCUT2D eigenvalue weighted by Crippen LogP contribution is 2.57. The molecule has 0 spiro atoms. The molecule has 7 aromatic carbocycles. The van der Waals surface area contributed by atoms with Crippen LogP contribution >= 0.6 is 17.2 Å². The lowest BCUT2D eigenvalue weighted by Gasteiger charge is -2.27. The van der Waals surface area contributed by atoms with E-state index < -0.39 is 17.2 Å². The Morgan fingerprint density at radius 3 is 1.27 bits per heavy atom. The van der Waals surface area contributed by atoms with Gasteiger partial charge in [-0.2, -0.15) is 0 Å². The van der Waals surface area contributed by atoms with Crippen LogP contribution in [0.3, 0.4) is 0 Å². The largest absolute Gasteiger partial charge is 0.530 e. The van der Waals surface area contributed by atoms with Crippen molar-refractivity contribution in [3.05, 3.63) is 168 Å². The molecule has 0 aliphatic carbocycles. The molecule has 6 nitrogen and oxygen atoms in total. The van der Waals surface area contributed by atoms with Gasteiger partial charge in [0.25, 0.3) is 0 Å². The molecule has 0 atom stereocenters. The molecule has 0 N–H and O–H groups in total. The maximum absolute atomic E-state index is 6.71. The minimum Gasteiger partial charge on any atom is -0.408 e. The van der Waals surface area contributed by atoms with Gasteiger partial charge in [0.05, 0.1) is 0 Å². The fourth-order valence-corrected chi connectivity index (χ4v) is 8.45. The van der Waals surface area contributed by atoms with E-state index in [1.807, 2.05) is 60.7 Å². The van der Waals surface area contributed by atoms with Crippen molar-refractivity contribution in [1.82, 2.24) is 0 Å². The lowest BCUT2D eigenvalue weighted by atomic mass is 9.79. The standard InChI is InChI=1S/C40H28O6P2/c1-26-18-20-29(21-19-26)38(39-30-12-4-2-10-27(30)22-24-36(39)45-47-41-32-14-6-7-15-33(32)42-47)40-31-13-5-3-11-28(31)23-25-37(40)46-48-43-34-16-8-9-17-35(34)44-48/h2-25,38H,1H3. The SMILES string of the molecule is Cc1ccc(C(c2c(OP3Oc4ccccc4O3)ccc3ccccc23)c2c(OP3Oc4ccccc4O3)ccc3ccccc23)cc1. The molecule has 2 aliphatic rings. The molecule has 0 amide bonds. The van der Waals surface area contributed by atoms with Gasteiger partial charge in [-0.05, 0) is 70.4 Å². The van der Waals surface area contributed by atoms with Crippen molar-refractivity contribution in [2.45, 2.75) is 12.8 Å². The number of fused-ring (bicyclic) bond motifs is 4. The van der Waals surface area contributed by atoms with Crippen LogP contribution in [0.5, 0.6) is 34.5 Å². The predicted molar refractivity (Wildman–Crippen MR) is 191 cm³/mol. The van der Waals surface area contributed by atoms with E-state index in [1.165, 1.54) is 5.56 Å². The summed E-state index contributed by atoms with van der Waals surface area (Å²) < 4.78 is 38.1. The van der Waals surface area contributed by atoms with Crippen molar-refractivity contribution in [2.24, 2.45) is 0 Å². The van der Waals surface area contributed by atoms with Gasteiger partial charge >= 0.3 is 17.2 Å². The van der Waals surface area contributed by atoms with Crippen LogP contribution in [0.25, 0.3) is 21.5 Å². The Morgan fingerprint density at radius 1 is 0.438 bits per heavy atom. The van der Waals surface area contributed by atoms with Crippen LogP contribution in [0.15, 0.2) is 146 Å². The molecule has 0 saturated heterocycles. The molecule has 0 aromatic heterocycles. The molecule has 2 aliphatic heterocycles. The van der Waals surface area contributed by atoms with Gasteiger partial charge in [0.15, 0.2) is 23.0 Å². The van der Waals surface area contributed by atoms with Gasteiger partial charge in [-0.25, -0.2) is 0 Å². The molecule has 0 unspecified atom stereocenters. The number of hydrogen-bond donors (Lipinski definition) is 0. The second-order valence-corrected chi connectivity index (χ2v) is 13.6. The topological polar surface area (TPSA) is 55.4 Å². The minimum atomic E-state index is -1.74. The van der Waals surface area contributed by atoms with Gasteiger partial charge in [0, 0.05) is 17.0 Å². The van der Waals surface area contributed by atoms with E-state index >= 15 is 0 Å². The maximum Gasteiger partial charge on any atom is 0.530 e. The molecule has 8 heteroatoms. The van der Waals surface area contributed by atoms with Crippen LogP contribution in [0.1, 0.15) is 28.2 Å². The summed E-state index contributed by atoms with van der Waals surface area (Å²) in [7, 11) is -3.47. The van der Waals surface area contributed by atoms with E-state index in [-0.39, 0.29) is 5.92 Å². The highest BCUT2D eigenvalue weighted by atomic mass is 31.2. The fourth-order valence-electron chi connectivity index (χ4n) is 6.34. The number of para-hydroxylation sites is 4. The van der Waals surface area contributed by atoms with Crippen molar-refractivity contribution >= 4 is 38.7 Å². The number of aryl methyl sites for hydroxylation is 1. The summed E-state index contributed by atoms with van der Waals surface area (Å²) in [6.07, 6.45) is 0. The molecule has 0 radical (unpaired) electrons. The van der Waals surface area contributed by atoms with Gasteiger partial charge in [-0.3, -0.25) is 0 Å². The third kappa shape index (κ3) is 5.24. The second kappa shape index (κ2) is 12.1. The van der Waals surface area contributed by atoms with Crippen LogP contribution in [-0.2, 0) is 0 Å². The van der Waals surface area contributed by atoms with E-state index in [2.05, 4.69) is 91.9 Å². The van der Waals surface area contributed by atoms with Crippen molar-refractivity contribution < 1.29 is 27.1 Å². The van der Waals surface area contributed by atoms with E-state index in [9.17, 15) is 0 Å². The average Bonchev–Trinajstić information content (AvgIpc) is 3.73. The van der Waals surface area contributed by atoms with E-state index in [0.29, 0.717) is 34.5 Å². The minimum absolute atomic E-state index is 0.326. The molecule has 0 fully saturated rings. The predicted octanol–water partition coefficient (Wildman–Crippen LogP) is 11.6. The summed E-state index contributed by atoms with van der Waals surface area (Å²) in [6, 6.07) is 48.9. The zero-order valence-electron chi connectivity index (χ0n) is 25.8. The normalized spacial score (nSPS) is 13.8. The van der Waals surface area contributed by atoms with Gasteiger partial charge in [-0.15, -0.1) is 0 Å². The summed E-state index contributed by atoms with van der Waals surface area (Å²) in [5, 5.41) is 4.29. The summed E-state index contributed by atoms with van der Waals surface area (Å²) in [6.45, 7) is 2.10. The Kier molecular flexibility index (Phi) is 7.27. The summed E-state index contributed by atoms with van der Waals surface area (Å²) in [5.41, 5.74) is 4.21.